The second-order valence-electron chi connectivity index (χ2n) is 3.65. The second kappa shape index (κ2) is 5.83. The Morgan fingerprint density at radius 1 is 1.40 bits per heavy atom. The zero-order valence-corrected chi connectivity index (χ0v) is 9.90. The summed E-state index contributed by atoms with van der Waals surface area (Å²) in [6, 6.07) is 4.40. The molecule has 0 aliphatic carbocycles. The van der Waals surface area contributed by atoms with E-state index in [0.29, 0.717) is 12.6 Å². The minimum absolute atomic E-state index is 0.300. The molecular weight excluding hydrogens is 186 g/mol. The first-order chi connectivity index (χ1) is 7.24. The van der Waals surface area contributed by atoms with Crippen LogP contribution in [0.25, 0.3) is 0 Å². The van der Waals surface area contributed by atoms with E-state index in [0.717, 1.165) is 18.8 Å². The Labute approximate surface area is 92.3 Å². The van der Waals surface area contributed by atoms with Crippen molar-refractivity contribution in [2.24, 2.45) is 5.73 Å². The van der Waals surface area contributed by atoms with Crippen LogP contribution in [-0.4, -0.2) is 29.5 Å². The molecule has 0 amide bonds. The molecule has 2 N–H and O–H groups in total. The first-order valence-electron chi connectivity index (χ1n) is 5.60. The summed E-state index contributed by atoms with van der Waals surface area (Å²) in [5.74, 6) is 0. The number of likely N-dealkylation sites (N-methyl/N-ethyl adjacent to an activating group) is 1. The molecule has 0 saturated heterocycles. The second-order valence-corrected chi connectivity index (χ2v) is 3.65. The van der Waals surface area contributed by atoms with Gasteiger partial charge in [0, 0.05) is 24.5 Å². The molecule has 1 aromatic rings. The topological polar surface area (TPSA) is 42.1 Å². The Bertz CT molecular complexity index is 295. The van der Waals surface area contributed by atoms with E-state index in [4.69, 9.17) is 5.73 Å². The monoisotopic (exact) mass is 207 g/mol. The fourth-order valence-corrected chi connectivity index (χ4v) is 1.99. The first-order valence-corrected chi connectivity index (χ1v) is 5.60. The number of aryl methyl sites for hydroxylation is 1. The van der Waals surface area contributed by atoms with Gasteiger partial charge in [0.1, 0.15) is 0 Å². The number of hydrogen-bond acceptors (Lipinski definition) is 3. The molecule has 0 aliphatic rings. The van der Waals surface area contributed by atoms with Crippen molar-refractivity contribution >= 4 is 0 Å². The third-order valence-corrected chi connectivity index (χ3v) is 2.88. The van der Waals surface area contributed by atoms with E-state index in [1.807, 2.05) is 19.2 Å². The van der Waals surface area contributed by atoms with Gasteiger partial charge >= 0.3 is 0 Å². The maximum atomic E-state index is 5.86. The summed E-state index contributed by atoms with van der Waals surface area (Å²) in [5.41, 5.74) is 8.19. The molecule has 0 spiro atoms. The molecule has 0 radical (unpaired) electrons. The Morgan fingerprint density at radius 3 is 2.53 bits per heavy atom. The highest BCUT2D eigenvalue weighted by atomic mass is 15.2. The molecule has 15 heavy (non-hydrogen) atoms. The fraction of sp³-hybridized carbons (Fsp3) is 0.583. The third-order valence-electron chi connectivity index (χ3n) is 2.88. The van der Waals surface area contributed by atoms with Crippen LogP contribution in [-0.2, 0) is 0 Å². The van der Waals surface area contributed by atoms with Crippen molar-refractivity contribution in [3.8, 4) is 0 Å². The quantitative estimate of drug-likeness (QED) is 0.799. The number of pyridine rings is 1. The van der Waals surface area contributed by atoms with Gasteiger partial charge in [0.2, 0.25) is 0 Å². The molecule has 0 aromatic carbocycles. The van der Waals surface area contributed by atoms with Crippen molar-refractivity contribution in [3.05, 3.63) is 29.6 Å². The normalized spacial score (nSPS) is 13.1. The third kappa shape index (κ3) is 2.76. The average molecular weight is 207 g/mol. The molecule has 0 saturated carbocycles. The minimum atomic E-state index is 0.300. The SMILES string of the molecule is CCN(CC)C(CN)c1cccnc1C. The van der Waals surface area contributed by atoms with E-state index in [2.05, 4.69) is 29.8 Å². The van der Waals surface area contributed by atoms with Crippen molar-refractivity contribution in [1.29, 1.82) is 0 Å². The summed E-state index contributed by atoms with van der Waals surface area (Å²) >= 11 is 0. The van der Waals surface area contributed by atoms with Crippen molar-refractivity contribution in [2.75, 3.05) is 19.6 Å². The van der Waals surface area contributed by atoms with Crippen LogP contribution in [0.1, 0.15) is 31.1 Å². The van der Waals surface area contributed by atoms with Gasteiger partial charge in [-0.3, -0.25) is 9.88 Å². The summed E-state index contributed by atoms with van der Waals surface area (Å²) in [4.78, 5) is 6.68. The predicted molar refractivity (Wildman–Crippen MR) is 63.7 cm³/mol. The highest BCUT2D eigenvalue weighted by Crippen LogP contribution is 2.20. The standard InChI is InChI=1S/C12H21N3/c1-4-15(5-2)12(9-13)11-7-6-8-14-10(11)3/h6-8,12H,4-5,9,13H2,1-3H3. The summed E-state index contributed by atoms with van der Waals surface area (Å²) in [6.07, 6.45) is 1.83. The zero-order valence-electron chi connectivity index (χ0n) is 9.90. The van der Waals surface area contributed by atoms with Crippen molar-refractivity contribution in [2.45, 2.75) is 26.8 Å². The fourth-order valence-electron chi connectivity index (χ4n) is 1.99. The molecule has 0 fully saturated rings. The van der Waals surface area contributed by atoms with Crippen LogP contribution < -0.4 is 5.73 Å². The van der Waals surface area contributed by atoms with Crippen molar-refractivity contribution in [1.82, 2.24) is 9.88 Å². The lowest BCUT2D eigenvalue weighted by Gasteiger charge is -2.29. The van der Waals surface area contributed by atoms with Crippen LogP contribution in [0.5, 0.6) is 0 Å². The highest BCUT2D eigenvalue weighted by molar-refractivity contribution is 5.22. The van der Waals surface area contributed by atoms with Crippen LogP contribution in [0, 0.1) is 6.92 Å². The molecule has 1 atom stereocenters. The van der Waals surface area contributed by atoms with Crippen molar-refractivity contribution < 1.29 is 0 Å². The number of rotatable bonds is 5. The van der Waals surface area contributed by atoms with Gasteiger partial charge in [-0.2, -0.15) is 0 Å². The largest absolute Gasteiger partial charge is 0.329 e. The van der Waals surface area contributed by atoms with Gasteiger partial charge in [0.25, 0.3) is 0 Å². The van der Waals surface area contributed by atoms with Gasteiger partial charge < -0.3 is 5.73 Å². The molecule has 3 nitrogen and oxygen atoms in total. The van der Waals surface area contributed by atoms with E-state index >= 15 is 0 Å². The Kier molecular flexibility index (Phi) is 4.72. The Balaban J connectivity index is 2.96. The number of nitrogens with two attached hydrogens (primary N) is 1. The van der Waals surface area contributed by atoms with Crippen LogP contribution in [0.15, 0.2) is 18.3 Å². The summed E-state index contributed by atoms with van der Waals surface area (Å²) < 4.78 is 0. The Morgan fingerprint density at radius 2 is 2.07 bits per heavy atom. The number of hydrogen-bond donors (Lipinski definition) is 1. The maximum absolute atomic E-state index is 5.86. The van der Waals surface area contributed by atoms with Gasteiger partial charge in [-0.25, -0.2) is 0 Å². The van der Waals surface area contributed by atoms with E-state index in [1.54, 1.807) is 0 Å². The molecule has 1 aromatic heterocycles. The lowest BCUT2D eigenvalue weighted by atomic mass is 10.0. The van der Waals surface area contributed by atoms with Gasteiger partial charge in [-0.05, 0) is 31.6 Å². The van der Waals surface area contributed by atoms with Gasteiger partial charge in [0.15, 0.2) is 0 Å². The van der Waals surface area contributed by atoms with Gasteiger partial charge in [-0.1, -0.05) is 19.9 Å². The van der Waals surface area contributed by atoms with Crippen LogP contribution in [0.3, 0.4) is 0 Å². The first kappa shape index (κ1) is 12.1. The Hall–Kier alpha value is -0.930. The van der Waals surface area contributed by atoms with Crippen LogP contribution >= 0.6 is 0 Å². The predicted octanol–water partition coefficient (Wildman–Crippen LogP) is 1.73. The molecule has 1 heterocycles. The molecule has 1 rings (SSSR count). The summed E-state index contributed by atoms with van der Waals surface area (Å²) in [5, 5.41) is 0. The summed E-state index contributed by atoms with van der Waals surface area (Å²) in [6.45, 7) is 9.06. The minimum Gasteiger partial charge on any atom is -0.329 e. The van der Waals surface area contributed by atoms with Crippen molar-refractivity contribution in [3.63, 3.8) is 0 Å². The molecule has 3 heteroatoms. The molecule has 0 aliphatic heterocycles. The highest BCUT2D eigenvalue weighted by Gasteiger charge is 2.17. The van der Waals surface area contributed by atoms with E-state index < -0.39 is 0 Å². The van der Waals surface area contributed by atoms with Gasteiger partial charge in [-0.15, -0.1) is 0 Å². The maximum Gasteiger partial charge on any atom is 0.0488 e. The van der Waals surface area contributed by atoms with E-state index in [-0.39, 0.29) is 0 Å². The zero-order chi connectivity index (χ0) is 11.3. The van der Waals surface area contributed by atoms with E-state index in [9.17, 15) is 0 Å². The smallest absolute Gasteiger partial charge is 0.0488 e. The lowest BCUT2D eigenvalue weighted by molar-refractivity contribution is 0.223. The number of aromatic nitrogens is 1. The van der Waals surface area contributed by atoms with Crippen LogP contribution in [0.2, 0.25) is 0 Å². The van der Waals surface area contributed by atoms with Gasteiger partial charge in [0.05, 0.1) is 0 Å². The molecular formula is C12H21N3. The lowest BCUT2D eigenvalue weighted by Crippen LogP contribution is -2.34. The average Bonchev–Trinajstić information content (AvgIpc) is 2.27. The molecule has 0 bridgehead atoms. The summed E-state index contributed by atoms with van der Waals surface area (Å²) in [7, 11) is 0. The molecule has 1 unspecified atom stereocenters. The van der Waals surface area contributed by atoms with Crippen LogP contribution in [0.4, 0.5) is 0 Å². The number of nitrogens with zero attached hydrogens (tertiary/aromatic N) is 2. The van der Waals surface area contributed by atoms with E-state index in [1.165, 1.54) is 5.56 Å². The molecule has 84 valence electrons.